The van der Waals surface area contributed by atoms with Gasteiger partial charge in [-0.1, -0.05) is 40.7 Å². The highest BCUT2D eigenvalue weighted by Gasteiger charge is 2.61. The molecule has 200 valence electrons. The first-order valence-electron chi connectivity index (χ1n) is 14.1. The molecule has 37 heavy (non-hydrogen) atoms. The SMILES string of the molecule is CC(C)CN1CCN(c2cccc(Nc3nccc(CC(=O)NC4CC5CCC4(C)C5(C)C)n3)c2)CC1. The fourth-order valence-corrected chi connectivity index (χ4v) is 7.00. The Morgan fingerprint density at radius 3 is 2.59 bits per heavy atom. The van der Waals surface area contributed by atoms with Crippen LogP contribution in [0.3, 0.4) is 0 Å². The molecule has 3 atom stereocenters. The average Bonchev–Trinajstić information content (AvgIpc) is 3.18. The monoisotopic (exact) mass is 504 g/mol. The van der Waals surface area contributed by atoms with Crippen molar-refractivity contribution in [1.82, 2.24) is 20.2 Å². The number of nitrogens with zero attached hydrogens (tertiary/aromatic N) is 4. The highest BCUT2D eigenvalue weighted by molar-refractivity contribution is 5.78. The predicted octanol–water partition coefficient (Wildman–Crippen LogP) is 4.87. The summed E-state index contributed by atoms with van der Waals surface area (Å²) in [6.07, 6.45) is 5.58. The molecule has 3 fully saturated rings. The van der Waals surface area contributed by atoms with Gasteiger partial charge < -0.3 is 15.5 Å². The number of rotatable bonds is 8. The molecular formula is C30H44N6O. The van der Waals surface area contributed by atoms with Crippen LogP contribution in [0.4, 0.5) is 17.3 Å². The number of carbonyl (C=O) groups is 1. The Morgan fingerprint density at radius 1 is 1.14 bits per heavy atom. The van der Waals surface area contributed by atoms with E-state index in [-0.39, 0.29) is 29.2 Å². The van der Waals surface area contributed by atoms with E-state index < -0.39 is 0 Å². The molecule has 2 saturated carbocycles. The van der Waals surface area contributed by atoms with Gasteiger partial charge in [0.25, 0.3) is 0 Å². The molecule has 1 aromatic carbocycles. The number of amides is 1. The Kier molecular flexibility index (Phi) is 7.18. The number of nitrogens with one attached hydrogen (secondary N) is 2. The Hall–Kier alpha value is -2.67. The lowest BCUT2D eigenvalue weighted by Gasteiger charge is -2.39. The van der Waals surface area contributed by atoms with E-state index in [2.05, 4.69) is 83.2 Å². The zero-order chi connectivity index (χ0) is 26.2. The number of piperazine rings is 1. The van der Waals surface area contributed by atoms with Crippen LogP contribution in [0.15, 0.2) is 36.5 Å². The van der Waals surface area contributed by atoms with E-state index in [1.807, 2.05) is 12.1 Å². The lowest BCUT2D eigenvalue weighted by Crippen LogP contribution is -2.47. The molecule has 3 aliphatic rings. The minimum absolute atomic E-state index is 0.0535. The molecule has 2 aromatic rings. The maximum absolute atomic E-state index is 13.0. The minimum atomic E-state index is 0.0535. The van der Waals surface area contributed by atoms with Crippen molar-refractivity contribution < 1.29 is 4.79 Å². The summed E-state index contributed by atoms with van der Waals surface area (Å²) in [7, 11) is 0. The first-order valence-corrected chi connectivity index (χ1v) is 14.1. The zero-order valence-corrected chi connectivity index (χ0v) is 23.3. The third kappa shape index (κ3) is 5.33. The molecular weight excluding hydrogens is 460 g/mol. The summed E-state index contributed by atoms with van der Waals surface area (Å²) in [5, 5.41) is 6.71. The smallest absolute Gasteiger partial charge is 0.227 e. The topological polar surface area (TPSA) is 73.4 Å². The van der Waals surface area contributed by atoms with Crippen LogP contribution in [0.1, 0.15) is 59.6 Å². The molecule has 7 nitrogen and oxygen atoms in total. The number of carbonyl (C=O) groups excluding carboxylic acids is 1. The number of hydrogen-bond donors (Lipinski definition) is 2. The van der Waals surface area contributed by atoms with Crippen LogP contribution in [0.5, 0.6) is 0 Å². The Labute approximate surface area is 222 Å². The van der Waals surface area contributed by atoms with Crippen molar-refractivity contribution >= 4 is 23.2 Å². The van der Waals surface area contributed by atoms with Crippen molar-refractivity contribution in [2.24, 2.45) is 22.7 Å². The van der Waals surface area contributed by atoms with Crippen molar-refractivity contribution in [1.29, 1.82) is 0 Å². The van der Waals surface area contributed by atoms with E-state index >= 15 is 0 Å². The summed E-state index contributed by atoms with van der Waals surface area (Å²) >= 11 is 0. The third-order valence-electron chi connectivity index (χ3n) is 9.65. The molecule has 1 saturated heterocycles. The fraction of sp³-hybridized carbons (Fsp3) is 0.633. The number of fused-ring (bicyclic) bond motifs is 2. The molecule has 1 aromatic heterocycles. The van der Waals surface area contributed by atoms with Crippen molar-refractivity contribution in [3.05, 3.63) is 42.2 Å². The van der Waals surface area contributed by atoms with Crippen LogP contribution in [0.25, 0.3) is 0 Å². The maximum Gasteiger partial charge on any atom is 0.227 e. The van der Waals surface area contributed by atoms with Gasteiger partial charge in [-0.2, -0.15) is 0 Å². The van der Waals surface area contributed by atoms with Crippen molar-refractivity contribution in [3.8, 4) is 0 Å². The van der Waals surface area contributed by atoms with Crippen LogP contribution < -0.4 is 15.5 Å². The van der Waals surface area contributed by atoms with Crippen LogP contribution >= 0.6 is 0 Å². The quantitative estimate of drug-likeness (QED) is 0.534. The zero-order valence-electron chi connectivity index (χ0n) is 23.3. The molecule has 2 aliphatic carbocycles. The summed E-state index contributed by atoms with van der Waals surface area (Å²) < 4.78 is 0. The van der Waals surface area contributed by atoms with E-state index in [0.29, 0.717) is 17.8 Å². The van der Waals surface area contributed by atoms with E-state index in [1.54, 1.807) is 6.20 Å². The van der Waals surface area contributed by atoms with Gasteiger partial charge in [0.15, 0.2) is 0 Å². The highest BCUT2D eigenvalue weighted by atomic mass is 16.1. The molecule has 2 heterocycles. The van der Waals surface area contributed by atoms with E-state index in [9.17, 15) is 4.79 Å². The number of anilines is 3. The Bertz CT molecular complexity index is 1110. The van der Waals surface area contributed by atoms with Gasteiger partial charge in [0, 0.05) is 56.3 Å². The second-order valence-electron chi connectivity index (χ2n) is 12.6. The largest absolute Gasteiger partial charge is 0.369 e. The number of aromatic nitrogens is 2. The first-order chi connectivity index (χ1) is 17.6. The highest BCUT2D eigenvalue weighted by Crippen LogP contribution is 2.65. The van der Waals surface area contributed by atoms with Crippen molar-refractivity contribution in [3.63, 3.8) is 0 Å². The predicted molar refractivity (Wildman–Crippen MR) is 150 cm³/mol. The van der Waals surface area contributed by atoms with Gasteiger partial charge in [0.1, 0.15) is 0 Å². The molecule has 2 bridgehead atoms. The maximum atomic E-state index is 13.0. The van der Waals surface area contributed by atoms with Crippen LogP contribution in [-0.2, 0) is 11.2 Å². The molecule has 1 amide bonds. The molecule has 5 rings (SSSR count). The van der Waals surface area contributed by atoms with Crippen LogP contribution in [0.2, 0.25) is 0 Å². The standard InChI is InChI=1S/C30H44N6O/c1-21(2)20-35-13-15-36(16-14-35)25-8-6-7-23(18-25)32-28-31-12-10-24(33-28)19-27(37)34-26-17-22-9-11-30(26,5)29(22,3)4/h6-8,10,12,18,21-22,26H,9,11,13-17,19-20H2,1-5H3,(H,34,37)(H,31,32,33). The number of benzene rings is 1. The lowest BCUT2D eigenvalue weighted by molar-refractivity contribution is -0.122. The molecule has 1 aliphatic heterocycles. The summed E-state index contributed by atoms with van der Waals surface area (Å²) in [5.41, 5.74) is 3.37. The molecule has 2 N–H and O–H groups in total. The first kappa shape index (κ1) is 26.0. The Morgan fingerprint density at radius 2 is 1.92 bits per heavy atom. The van der Waals surface area contributed by atoms with Gasteiger partial charge >= 0.3 is 0 Å². The van der Waals surface area contributed by atoms with Crippen molar-refractivity contribution in [2.75, 3.05) is 42.9 Å². The summed E-state index contributed by atoms with van der Waals surface area (Å²) in [5.74, 6) is 1.99. The fourth-order valence-electron chi connectivity index (χ4n) is 7.00. The van der Waals surface area contributed by atoms with E-state index in [4.69, 9.17) is 0 Å². The summed E-state index contributed by atoms with van der Waals surface area (Å²) in [6.45, 7) is 17.1. The van der Waals surface area contributed by atoms with Gasteiger partial charge in [0.05, 0.1) is 12.1 Å². The molecule has 3 unspecified atom stereocenters. The van der Waals surface area contributed by atoms with Gasteiger partial charge in [-0.15, -0.1) is 0 Å². The number of hydrogen-bond acceptors (Lipinski definition) is 6. The molecule has 0 spiro atoms. The third-order valence-corrected chi connectivity index (χ3v) is 9.65. The second-order valence-corrected chi connectivity index (χ2v) is 12.6. The molecule has 7 heteroatoms. The van der Waals surface area contributed by atoms with E-state index in [0.717, 1.165) is 44.0 Å². The minimum Gasteiger partial charge on any atom is -0.369 e. The Balaban J connectivity index is 1.17. The van der Waals surface area contributed by atoms with Gasteiger partial charge in [-0.3, -0.25) is 9.69 Å². The van der Waals surface area contributed by atoms with Gasteiger partial charge in [-0.05, 0) is 66.2 Å². The van der Waals surface area contributed by atoms with Gasteiger partial charge in [-0.25, -0.2) is 9.97 Å². The normalized spacial score (nSPS) is 27.0. The average molecular weight is 505 g/mol. The lowest BCUT2D eigenvalue weighted by atomic mass is 9.69. The van der Waals surface area contributed by atoms with Crippen molar-refractivity contribution in [2.45, 2.75) is 66.3 Å². The van der Waals surface area contributed by atoms with Crippen LogP contribution in [-0.4, -0.2) is 59.5 Å². The van der Waals surface area contributed by atoms with Gasteiger partial charge in [0.2, 0.25) is 11.9 Å². The van der Waals surface area contributed by atoms with Crippen LogP contribution in [0, 0.1) is 22.7 Å². The van der Waals surface area contributed by atoms with E-state index in [1.165, 1.54) is 25.1 Å². The molecule has 0 radical (unpaired) electrons. The summed E-state index contributed by atoms with van der Waals surface area (Å²) in [4.78, 5) is 27.0. The second kappa shape index (κ2) is 10.2. The summed E-state index contributed by atoms with van der Waals surface area (Å²) in [6, 6.07) is 10.5.